The van der Waals surface area contributed by atoms with Gasteiger partial charge < -0.3 is 23.7 Å². The number of thiazole rings is 1. The first-order valence-corrected chi connectivity index (χ1v) is 11.0. The largest absolute Gasteiger partial charge is 0.476 e. The minimum Gasteiger partial charge on any atom is -0.476 e. The number of hydrogen-bond acceptors (Lipinski definition) is 7. The molecule has 2 amide bonds. The molecule has 0 aliphatic carbocycles. The van der Waals surface area contributed by atoms with Crippen molar-refractivity contribution >= 4 is 28.8 Å². The molecule has 2 aliphatic heterocycles. The van der Waals surface area contributed by atoms with Crippen LogP contribution in [0, 0.1) is 0 Å². The van der Waals surface area contributed by atoms with Gasteiger partial charge in [-0.15, -0.1) is 11.3 Å². The molecule has 31 heavy (non-hydrogen) atoms. The first-order chi connectivity index (χ1) is 15.2. The average molecular weight is 439 g/mol. The fraction of sp³-hybridized carbons (Fsp3) is 0.318. The molecule has 3 aromatic rings. The number of para-hydroxylation sites is 2. The SMILES string of the molecule is O=C(C1CN(C(=O)Cc2csc(-c3ccco3)n2)c2ccccc2O1)N1CCOCC1. The van der Waals surface area contributed by atoms with E-state index in [1.54, 1.807) is 28.2 Å². The molecule has 1 atom stereocenters. The van der Waals surface area contributed by atoms with Gasteiger partial charge >= 0.3 is 0 Å². The molecule has 2 aromatic heterocycles. The predicted molar refractivity (Wildman–Crippen MR) is 114 cm³/mol. The van der Waals surface area contributed by atoms with E-state index in [1.165, 1.54) is 11.3 Å². The Balaban J connectivity index is 1.35. The Kier molecular flexibility index (Phi) is 5.44. The van der Waals surface area contributed by atoms with Crippen LogP contribution in [0.1, 0.15) is 5.69 Å². The maximum absolute atomic E-state index is 13.2. The van der Waals surface area contributed by atoms with Gasteiger partial charge in [0, 0.05) is 18.5 Å². The van der Waals surface area contributed by atoms with Crippen molar-refractivity contribution in [2.45, 2.75) is 12.5 Å². The lowest BCUT2D eigenvalue weighted by Crippen LogP contribution is -2.54. The number of amides is 2. The van der Waals surface area contributed by atoms with Crippen molar-refractivity contribution in [3.63, 3.8) is 0 Å². The van der Waals surface area contributed by atoms with Crippen molar-refractivity contribution < 1.29 is 23.5 Å². The highest BCUT2D eigenvalue weighted by molar-refractivity contribution is 7.13. The van der Waals surface area contributed by atoms with E-state index < -0.39 is 6.10 Å². The fourth-order valence-corrected chi connectivity index (χ4v) is 4.52. The summed E-state index contributed by atoms with van der Waals surface area (Å²) >= 11 is 1.43. The fourth-order valence-electron chi connectivity index (χ4n) is 3.74. The summed E-state index contributed by atoms with van der Waals surface area (Å²) in [6.45, 7) is 2.26. The van der Waals surface area contributed by atoms with E-state index in [-0.39, 0.29) is 24.8 Å². The first kappa shape index (κ1) is 19.8. The molecule has 1 saturated heterocycles. The minimum atomic E-state index is -0.744. The number of rotatable bonds is 4. The van der Waals surface area contributed by atoms with Gasteiger partial charge in [-0.2, -0.15) is 0 Å². The normalized spacial score (nSPS) is 18.4. The summed E-state index contributed by atoms with van der Waals surface area (Å²) in [7, 11) is 0. The molecule has 1 fully saturated rings. The van der Waals surface area contributed by atoms with Gasteiger partial charge in [-0.3, -0.25) is 9.59 Å². The summed E-state index contributed by atoms with van der Waals surface area (Å²) in [4.78, 5) is 34.1. The third-order valence-electron chi connectivity index (χ3n) is 5.29. The lowest BCUT2D eigenvalue weighted by atomic mass is 10.1. The maximum atomic E-state index is 13.2. The van der Waals surface area contributed by atoms with Crippen LogP contribution in [0.5, 0.6) is 5.75 Å². The molecule has 160 valence electrons. The van der Waals surface area contributed by atoms with E-state index in [1.807, 2.05) is 29.6 Å². The van der Waals surface area contributed by atoms with Gasteiger partial charge in [0.05, 0.1) is 43.8 Å². The van der Waals surface area contributed by atoms with Gasteiger partial charge in [0.25, 0.3) is 5.91 Å². The summed E-state index contributed by atoms with van der Waals surface area (Å²) in [6.07, 6.45) is 0.980. The van der Waals surface area contributed by atoms with E-state index in [0.717, 1.165) is 5.01 Å². The van der Waals surface area contributed by atoms with Crippen LogP contribution in [0.4, 0.5) is 5.69 Å². The minimum absolute atomic E-state index is 0.121. The molecule has 2 aliphatic rings. The quantitative estimate of drug-likeness (QED) is 0.621. The molecule has 9 heteroatoms. The second-order valence-electron chi connectivity index (χ2n) is 7.31. The van der Waals surface area contributed by atoms with Crippen LogP contribution in [-0.4, -0.2) is 60.7 Å². The number of ether oxygens (including phenoxy) is 2. The number of aromatic nitrogens is 1. The van der Waals surface area contributed by atoms with E-state index in [4.69, 9.17) is 13.9 Å². The number of morpholine rings is 1. The third-order valence-corrected chi connectivity index (χ3v) is 6.19. The number of carbonyl (C=O) groups excluding carboxylic acids is 2. The Bertz CT molecular complexity index is 1070. The van der Waals surface area contributed by atoms with Crippen molar-refractivity contribution in [3.8, 4) is 16.5 Å². The second kappa shape index (κ2) is 8.52. The van der Waals surface area contributed by atoms with Crippen molar-refractivity contribution in [3.05, 3.63) is 53.7 Å². The third kappa shape index (κ3) is 4.06. The number of benzene rings is 1. The van der Waals surface area contributed by atoms with Crippen LogP contribution in [0.2, 0.25) is 0 Å². The highest BCUT2D eigenvalue weighted by Gasteiger charge is 2.36. The summed E-state index contributed by atoms with van der Waals surface area (Å²) in [5.41, 5.74) is 1.33. The molecule has 1 aromatic carbocycles. The van der Waals surface area contributed by atoms with Gasteiger partial charge in [0.1, 0.15) is 5.75 Å². The highest BCUT2D eigenvalue weighted by Crippen LogP contribution is 2.34. The lowest BCUT2D eigenvalue weighted by Gasteiger charge is -2.37. The van der Waals surface area contributed by atoms with Crippen molar-refractivity contribution in [1.82, 2.24) is 9.88 Å². The first-order valence-electron chi connectivity index (χ1n) is 10.1. The number of carbonyl (C=O) groups is 2. The van der Waals surface area contributed by atoms with Gasteiger partial charge in [0.15, 0.2) is 16.9 Å². The topological polar surface area (TPSA) is 85.1 Å². The van der Waals surface area contributed by atoms with Gasteiger partial charge in [-0.1, -0.05) is 12.1 Å². The van der Waals surface area contributed by atoms with Crippen LogP contribution in [0.25, 0.3) is 10.8 Å². The maximum Gasteiger partial charge on any atom is 0.265 e. The lowest BCUT2D eigenvalue weighted by molar-refractivity contribution is -0.142. The van der Waals surface area contributed by atoms with E-state index in [2.05, 4.69) is 4.98 Å². The van der Waals surface area contributed by atoms with Crippen molar-refractivity contribution in [2.24, 2.45) is 0 Å². The predicted octanol–water partition coefficient (Wildman–Crippen LogP) is 2.60. The second-order valence-corrected chi connectivity index (χ2v) is 8.17. The van der Waals surface area contributed by atoms with E-state index in [0.29, 0.717) is 49.2 Å². The molecular weight excluding hydrogens is 418 g/mol. The molecule has 1 unspecified atom stereocenters. The molecule has 0 saturated carbocycles. The Labute approximate surface area is 183 Å². The zero-order valence-corrected chi connectivity index (χ0v) is 17.5. The van der Waals surface area contributed by atoms with Gasteiger partial charge in [-0.25, -0.2) is 4.98 Å². The monoisotopic (exact) mass is 439 g/mol. The van der Waals surface area contributed by atoms with Crippen LogP contribution >= 0.6 is 11.3 Å². The van der Waals surface area contributed by atoms with Crippen LogP contribution in [-0.2, 0) is 20.7 Å². The Morgan fingerprint density at radius 3 is 2.77 bits per heavy atom. The number of anilines is 1. The van der Waals surface area contributed by atoms with E-state index in [9.17, 15) is 9.59 Å². The van der Waals surface area contributed by atoms with Gasteiger partial charge in [-0.05, 0) is 24.3 Å². The smallest absolute Gasteiger partial charge is 0.265 e. The Hall–Kier alpha value is -3.17. The molecule has 0 radical (unpaired) electrons. The molecule has 0 bridgehead atoms. The molecule has 4 heterocycles. The summed E-state index contributed by atoms with van der Waals surface area (Å²) in [6, 6.07) is 10.9. The number of hydrogen-bond donors (Lipinski definition) is 0. The highest BCUT2D eigenvalue weighted by atomic mass is 32.1. The molecular formula is C22H21N3O5S. The zero-order chi connectivity index (χ0) is 21.2. The zero-order valence-electron chi connectivity index (χ0n) is 16.7. The average Bonchev–Trinajstić information content (AvgIpc) is 3.50. The molecule has 0 N–H and O–H groups in total. The molecule has 5 rings (SSSR count). The Morgan fingerprint density at radius 2 is 1.97 bits per heavy atom. The molecule has 0 spiro atoms. The van der Waals surface area contributed by atoms with Crippen LogP contribution in [0.15, 0.2) is 52.5 Å². The van der Waals surface area contributed by atoms with E-state index >= 15 is 0 Å². The van der Waals surface area contributed by atoms with Crippen LogP contribution in [0.3, 0.4) is 0 Å². The standard InChI is InChI=1S/C22H21N3O5S/c26-20(12-15-14-31-21(23-15)18-6-3-9-29-18)25-13-19(22(27)24-7-10-28-11-8-24)30-17-5-2-1-4-16(17)25/h1-6,9,14,19H,7-8,10-13H2. The summed E-state index contributed by atoms with van der Waals surface area (Å²) in [5.74, 6) is 0.955. The number of furan rings is 1. The van der Waals surface area contributed by atoms with Gasteiger partial charge in [0.2, 0.25) is 5.91 Å². The Morgan fingerprint density at radius 1 is 1.13 bits per heavy atom. The number of nitrogens with zero attached hydrogens (tertiary/aromatic N) is 3. The summed E-state index contributed by atoms with van der Waals surface area (Å²) < 4.78 is 16.7. The number of fused-ring (bicyclic) bond motifs is 1. The van der Waals surface area contributed by atoms with Crippen molar-refractivity contribution in [1.29, 1.82) is 0 Å². The van der Waals surface area contributed by atoms with Crippen molar-refractivity contribution in [2.75, 3.05) is 37.7 Å². The molecule has 8 nitrogen and oxygen atoms in total. The van der Waals surface area contributed by atoms with Crippen LogP contribution < -0.4 is 9.64 Å². The summed E-state index contributed by atoms with van der Waals surface area (Å²) in [5, 5.41) is 2.59.